The van der Waals surface area contributed by atoms with Crippen LogP contribution in [0.15, 0.2) is 30.3 Å². The minimum absolute atomic E-state index is 0.100. The van der Waals surface area contributed by atoms with E-state index >= 15 is 0 Å². The number of fused-ring (bicyclic) bond motifs is 1. The first-order valence-electron chi connectivity index (χ1n) is 5.01. The molecule has 0 saturated carbocycles. The Morgan fingerprint density at radius 3 is 2.56 bits per heavy atom. The first-order valence-corrected chi connectivity index (χ1v) is 5.01. The number of rotatable bonds is 3. The van der Waals surface area contributed by atoms with Gasteiger partial charge >= 0.3 is 0 Å². The van der Waals surface area contributed by atoms with Crippen LogP contribution in [0.5, 0.6) is 5.75 Å². The summed E-state index contributed by atoms with van der Waals surface area (Å²) in [5.41, 5.74) is -0.207. The van der Waals surface area contributed by atoms with Gasteiger partial charge in [-0.15, -0.1) is 0 Å². The Kier molecular flexibility index (Phi) is 2.85. The molecule has 0 heterocycles. The quantitative estimate of drug-likeness (QED) is 0.597. The smallest absolute Gasteiger partial charge is 0.270 e. The number of benzene rings is 2. The van der Waals surface area contributed by atoms with Crippen molar-refractivity contribution in [3.05, 3.63) is 46.0 Å². The van der Waals surface area contributed by atoms with Gasteiger partial charge in [-0.05, 0) is 22.9 Å². The van der Waals surface area contributed by atoms with Gasteiger partial charge in [0.25, 0.3) is 5.69 Å². The molecule has 0 N–H and O–H groups in total. The highest BCUT2D eigenvalue weighted by molar-refractivity contribution is 6.05. The lowest BCUT2D eigenvalue weighted by atomic mass is 10.0. The van der Waals surface area contributed by atoms with E-state index < -0.39 is 10.9 Å². The first-order chi connectivity index (χ1) is 8.54. The van der Waals surface area contributed by atoms with Crippen molar-refractivity contribution in [2.45, 2.75) is 0 Å². The Bertz CT molecular complexity index is 650. The fraction of sp³-hybridized carbons (Fsp3) is 0.0833. The summed E-state index contributed by atoms with van der Waals surface area (Å²) in [6.07, 6.45) is 0. The third-order valence-electron chi connectivity index (χ3n) is 2.60. The van der Waals surface area contributed by atoms with Crippen LogP contribution in [0.25, 0.3) is 10.8 Å². The molecule has 2 rings (SSSR count). The molecule has 0 bridgehead atoms. The molecule has 2 aromatic carbocycles. The summed E-state index contributed by atoms with van der Waals surface area (Å²) in [5.74, 6) is -1.22. The molecule has 0 radical (unpaired) electrons. The highest BCUT2D eigenvalue weighted by Crippen LogP contribution is 2.29. The molecule has 92 valence electrons. The number of non-ortho nitro benzene ring substituents is 1. The van der Waals surface area contributed by atoms with Crippen molar-refractivity contribution in [1.82, 2.24) is 0 Å². The number of hydrogen-bond donors (Lipinski definition) is 0. The molecule has 0 fully saturated rings. The summed E-state index contributed by atoms with van der Waals surface area (Å²) in [6, 6.07) is 6.93. The number of aromatic carboxylic acids is 1. The van der Waals surface area contributed by atoms with Gasteiger partial charge in [0, 0.05) is 17.7 Å². The molecule has 0 atom stereocenters. The van der Waals surface area contributed by atoms with Crippen LogP contribution in [0, 0.1) is 10.1 Å². The van der Waals surface area contributed by atoms with Crippen molar-refractivity contribution in [1.29, 1.82) is 0 Å². The lowest BCUT2D eigenvalue weighted by molar-refractivity contribution is -0.384. The summed E-state index contributed by atoms with van der Waals surface area (Å²) in [5, 5.41) is 22.5. The van der Waals surface area contributed by atoms with Crippen molar-refractivity contribution in [2.24, 2.45) is 0 Å². The molecule has 0 amide bonds. The van der Waals surface area contributed by atoms with Crippen molar-refractivity contribution in [2.75, 3.05) is 7.11 Å². The van der Waals surface area contributed by atoms with Gasteiger partial charge in [-0.25, -0.2) is 0 Å². The van der Waals surface area contributed by atoms with E-state index in [0.29, 0.717) is 10.8 Å². The number of carboxylic acids is 1. The number of nitrogens with zero attached hydrogens (tertiary/aromatic N) is 1. The van der Waals surface area contributed by atoms with E-state index in [1.165, 1.54) is 31.4 Å². The molecule has 2 aromatic rings. The predicted octanol–water partition coefficient (Wildman–Crippen LogP) is 1.12. The molecule has 6 heteroatoms. The second kappa shape index (κ2) is 4.33. The number of methoxy groups -OCH3 is 1. The van der Waals surface area contributed by atoms with Crippen molar-refractivity contribution in [3.8, 4) is 5.75 Å². The third-order valence-corrected chi connectivity index (χ3v) is 2.60. The summed E-state index contributed by atoms with van der Waals surface area (Å²) in [4.78, 5) is 21.2. The highest BCUT2D eigenvalue weighted by atomic mass is 16.6. The monoisotopic (exact) mass is 246 g/mol. The fourth-order valence-corrected chi connectivity index (χ4v) is 1.79. The Balaban J connectivity index is 2.78. The molecule has 0 aromatic heterocycles. The van der Waals surface area contributed by atoms with E-state index in [1.54, 1.807) is 6.07 Å². The standard InChI is InChI=1S/C12H9NO5/c1-18-10-5-2-7-6-8(13(16)17)3-4-9(7)11(10)12(14)15/h2-6H,1H3,(H,14,15)/p-1. The number of ether oxygens (including phenoxy) is 1. The molecule has 0 spiro atoms. The SMILES string of the molecule is COc1ccc2cc([N+](=O)[O-])ccc2c1C(=O)[O-]. The van der Waals surface area contributed by atoms with Crippen LogP contribution in [0.2, 0.25) is 0 Å². The van der Waals surface area contributed by atoms with Crippen LogP contribution in [-0.4, -0.2) is 18.0 Å². The Morgan fingerprint density at radius 2 is 2.00 bits per heavy atom. The van der Waals surface area contributed by atoms with Gasteiger partial charge in [0.1, 0.15) is 5.75 Å². The van der Waals surface area contributed by atoms with Crippen LogP contribution >= 0.6 is 0 Å². The van der Waals surface area contributed by atoms with E-state index in [0.717, 1.165) is 0 Å². The van der Waals surface area contributed by atoms with Crippen LogP contribution in [0.1, 0.15) is 10.4 Å². The Hall–Kier alpha value is -2.63. The molecule has 0 unspecified atom stereocenters. The van der Waals surface area contributed by atoms with Gasteiger partial charge in [-0.1, -0.05) is 6.07 Å². The van der Waals surface area contributed by atoms with Gasteiger partial charge in [0.2, 0.25) is 0 Å². The second-order valence-electron chi connectivity index (χ2n) is 3.59. The third kappa shape index (κ3) is 1.84. The minimum Gasteiger partial charge on any atom is -0.545 e. The maximum absolute atomic E-state index is 11.1. The van der Waals surface area contributed by atoms with Gasteiger partial charge in [-0.3, -0.25) is 10.1 Å². The second-order valence-corrected chi connectivity index (χ2v) is 3.59. The van der Waals surface area contributed by atoms with Gasteiger partial charge in [0.05, 0.1) is 18.0 Å². The van der Waals surface area contributed by atoms with Gasteiger partial charge in [-0.2, -0.15) is 0 Å². The molecule has 18 heavy (non-hydrogen) atoms. The lowest BCUT2D eigenvalue weighted by Gasteiger charge is -2.12. The molecule has 6 nitrogen and oxygen atoms in total. The number of carbonyl (C=O) groups is 1. The normalized spacial score (nSPS) is 10.3. The minimum atomic E-state index is -1.38. The number of hydrogen-bond acceptors (Lipinski definition) is 5. The van der Waals surface area contributed by atoms with E-state index in [2.05, 4.69) is 0 Å². The number of carboxylic acid groups (broad SMARTS) is 1. The molecular formula is C12H8NO5-. The number of nitro groups is 1. The number of nitro benzene ring substituents is 1. The van der Waals surface area contributed by atoms with Crippen LogP contribution in [0.4, 0.5) is 5.69 Å². The average Bonchev–Trinajstić information content (AvgIpc) is 2.36. The van der Waals surface area contributed by atoms with Crippen molar-refractivity contribution < 1.29 is 19.6 Å². The Labute approximate surface area is 102 Å². The first kappa shape index (κ1) is 11.8. The van der Waals surface area contributed by atoms with Gasteiger partial charge in [0.15, 0.2) is 0 Å². The molecule has 0 saturated heterocycles. The highest BCUT2D eigenvalue weighted by Gasteiger charge is 2.12. The van der Waals surface area contributed by atoms with E-state index in [4.69, 9.17) is 4.74 Å². The van der Waals surface area contributed by atoms with Crippen molar-refractivity contribution in [3.63, 3.8) is 0 Å². The van der Waals surface area contributed by atoms with Crippen LogP contribution in [0.3, 0.4) is 0 Å². The largest absolute Gasteiger partial charge is 0.545 e. The molecule has 0 aliphatic rings. The topological polar surface area (TPSA) is 92.5 Å². The summed E-state index contributed by atoms with van der Waals surface area (Å²) >= 11 is 0. The van der Waals surface area contributed by atoms with E-state index in [9.17, 15) is 20.0 Å². The Morgan fingerprint density at radius 1 is 1.28 bits per heavy atom. The molecule has 0 aliphatic heterocycles. The van der Waals surface area contributed by atoms with Crippen molar-refractivity contribution >= 4 is 22.4 Å². The zero-order valence-corrected chi connectivity index (χ0v) is 9.38. The fourth-order valence-electron chi connectivity index (χ4n) is 1.79. The van der Waals surface area contributed by atoms with E-state index in [1.807, 2.05) is 0 Å². The molecule has 0 aliphatic carbocycles. The number of carbonyl (C=O) groups excluding carboxylic acids is 1. The zero-order chi connectivity index (χ0) is 13.3. The zero-order valence-electron chi connectivity index (χ0n) is 9.38. The summed E-state index contributed by atoms with van der Waals surface area (Å²) in [6.45, 7) is 0. The average molecular weight is 246 g/mol. The lowest BCUT2D eigenvalue weighted by Crippen LogP contribution is -2.23. The maximum Gasteiger partial charge on any atom is 0.270 e. The summed E-state index contributed by atoms with van der Waals surface area (Å²) in [7, 11) is 1.35. The van der Waals surface area contributed by atoms with Gasteiger partial charge < -0.3 is 14.6 Å². The maximum atomic E-state index is 11.1. The van der Waals surface area contributed by atoms with Crippen LogP contribution < -0.4 is 9.84 Å². The molecular weight excluding hydrogens is 238 g/mol. The predicted molar refractivity (Wildman–Crippen MR) is 61.5 cm³/mol. The van der Waals surface area contributed by atoms with Crippen LogP contribution in [-0.2, 0) is 0 Å². The summed E-state index contributed by atoms with van der Waals surface area (Å²) < 4.78 is 4.94. The van der Waals surface area contributed by atoms with E-state index in [-0.39, 0.29) is 17.0 Å².